The molecular formula is C14H28N2O3. The fraction of sp³-hybridized carbons (Fsp3) is 0.929. The Bertz CT molecular complexity index is 286. The van der Waals surface area contributed by atoms with Gasteiger partial charge in [-0.05, 0) is 13.3 Å². The fourth-order valence-electron chi connectivity index (χ4n) is 2.44. The quantitative estimate of drug-likeness (QED) is 0.639. The number of hydrogen-bond acceptors (Lipinski definition) is 4. The molecule has 19 heavy (non-hydrogen) atoms. The van der Waals surface area contributed by atoms with Crippen molar-refractivity contribution >= 4 is 5.91 Å². The second-order valence-corrected chi connectivity index (χ2v) is 5.62. The number of carbonyl (C=O) groups excluding carboxylic acids is 1. The van der Waals surface area contributed by atoms with Crippen LogP contribution in [0.1, 0.15) is 39.5 Å². The fourth-order valence-corrected chi connectivity index (χ4v) is 2.44. The van der Waals surface area contributed by atoms with Crippen molar-refractivity contribution in [2.45, 2.75) is 45.6 Å². The van der Waals surface area contributed by atoms with Crippen LogP contribution in [0, 0.1) is 5.41 Å². The molecule has 0 aromatic rings. The molecule has 0 radical (unpaired) electrons. The molecule has 1 aliphatic rings. The molecule has 5 nitrogen and oxygen atoms in total. The van der Waals surface area contributed by atoms with E-state index in [0.717, 1.165) is 12.8 Å². The summed E-state index contributed by atoms with van der Waals surface area (Å²) in [6, 6.07) is -0.253. The van der Waals surface area contributed by atoms with Gasteiger partial charge in [-0.25, -0.2) is 0 Å². The van der Waals surface area contributed by atoms with Gasteiger partial charge in [0.05, 0.1) is 25.2 Å². The van der Waals surface area contributed by atoms with E-state index in [2.05, 4.69) is 6.92 Å². The van der Waals surface area contributed by atoms with Crippen molar-refractivity contribution in [2.24, 2.45) is 11.1 Å². The van der Waals surface area contributed by atoms with E-state index in [9.17, 15) is 4.79 Å². The maximum Gasteiger partial charge on any atom is 0.232 e. The van der Waals surface area contributed by atoms with E-state index in [4.69, 9.17) is 15.6 Å². The average molecular weight is 272 g/mol. The van der Waals surface area contributed by atoms with Crippen LogP contribution in [0.3, 0.4) is 0 Å². The van der Waals surface area contributed by atoms with E-state index in [1.165, 1.54) is 12.8 Å². The third kappa shape index (κ3) is 4.16. The molecule has 0 bridgehead atoms. The number of ether oxygens (including phenoxy) is 1. The second-order valence-electron chi connectivity index (χ2n) is 5.62. The number of rotatable bonds is 8. The van der Waals surface area contributed by atoms with Crippen LogP contribution in [0.25, 0.3) is 0 Å². The molecule has 3 N–H and O–H groups in total. The minimum atomic E-state index is -0.639. The molecule has 1 heterocycles. The van der Waals surface area contributed by atoms with E-state index in [1.54, 1.807) is 4.90 Å². The summed E-state index contributed by atoms with van der Waals surface area (Å²) in [5.74, 6) is 0.0167. The average Bonchev–Trinajstić information content (AvgIpc) is 2.74. The normalized spacial score (nSPS) is 26.6. The van der Waals surface area contributed by atoms with Crippen LogP contribution in [0.4, 0.5) is 0 Å². The molecule has 0 saturated carbocycles. The maximum atomic E-state index is 12.6. The van der Waals surface area contributed by atoms with Gasteiger partial charge in [0.25, 0.3) is 0 Å². The van der Waals surface area contributed by atoms with Crippen LogP contribution < -0.4 is 5.73 Å². The SMILES string of the molecule is CCCCCCN(CCO)C(=O)C1(C)COCC1N. The maximum absolute atomic E-state index is 12.6. The van der Waals surface area contributed by atoms with E-state index >= 15 is 0 Å². The molecule has 0 aliphatic carbocycles. The van der Waals surface area contributed by atoms with E-state index in [0.29, 0.717) is 26.3 Å². The molecule has 5 heteroatoms. The summed E-state index contributed by atoms with van der Waals surface area (Å²) in [5, 5.41) is 9.12. The van der Waals surface area contributed by atoms with Gasteiger partial charge in [0.2, 0.25) is 5.91 Å². The highest BCUT2D eigenvalue weighted by atomic mass is 16.5. The Morgan fingerprint density at radius 2 is 2.16 bits per heavy atom. The molecule has 1 saturated heterocycles. The number of unbranched alkanes of at least 4 members (excludes halogenated alkanes) is 3. The first kappa shape index (κ1) is 16.4. The Balaban J connectivity index is 2.56. The summed E-state index contributed by atoms with van der Waals surface area (Å²) in [6.45, 7) is 5.91. The van der Waals surface area contributed by atoms with Crippen molar-refractivity contribution in [3.8, 4) is 0 Å². The van der Waals surface area contributed by atoms with Gasteiger partial charge in [-0.1, -0.05) is 26.2 Å². The first-order chi connectivity index (χ1) is 9.06. The lowest BCUT2D eigenvalue weighted by Gasteiger charge is -2.33. The summed E-state index contributed by atoms with van der Waals surface area (Å²) >= 11 is 0. The number of aliphatic hydroxyl groups excluding tert-OH is 1. The van der Waals surface area contributed by atoms with E-state index < -0.39 is 5.41 Å². The van der Waals surface area contributed by atoms with Crippen molar-refractivity contribution in [1.29, 1.82) is 0 Å². The molecule has 0 aromatic carbocycles. The summed E-state index contributed by atoms with van der Waals surface area (Å²) in [4.78, 5) is 14.3. The molecule has 1 fully saturated rings. The third-order valence-corrected chi connectivity index (χ3v) is 3.94. The minimum Gasteiger partial charge on any atom is -0.395 e. The molecule has 2 atom stereocenters. The Kier molecular flexibility index (Phi) is 6.75. The smallest absolute Gasteiger partial charge is 0.232 e. The van der Waals surface area contributed by atoms with Gasteiger partial charge in [0.1, 0.15) is 0 Å². The van der Waals surface area contributed by atoms with Crippen molar-refractivity contribution < 1.29 is 14.6 Å². The highest BCUT2D eigenvalue weighted by molar-refractivity contribution is 5.83. The van der Waals surface area contributed by atoms with Gasteiger partial charge in [-0.3, -0.25) is 4.79 Å². The minimum absolute atomic E-state index is 0.00824. The largest absolute Gasteiger partial charge is 0.395 e. The van der Waals surface area contributed by atoms with Gasteiger partial charge in [-0.2, -0.15) is 0 Å². The number of amides is 1. The van der Waals surface area contributed by atoms with Crippen molar-refractivity contribution in [2.75, 3.05) is 32.9 Å². The predicted octanol–water partition coefficient (Wildman–Crippen LogP) is 0.751. The van der Waals surface area contributed by atoms with Gasteiger partial charge < -0.3 is 20.5 Å². The lowest BCUT2D eigenvalue weighted by atomic mass is 9.84. The highest BCUT2D eigenvalue weighted by Crippen LogP contribution is 2.29. The monoisotopic (exact) mass is 272 g/mol. The molecule has 1 rings (SSSR count). The van der Waals surface area contributed by atoms with Crippen LogP contribution in [-0.4, -0.2) is 54.9 Å². The van der Waals surface area contributed by atoms with Gasteiger partial charge in [0.15, 0.2) is 0 Å². The lowest BCUT2D eigenvalue weighted by molar-refractivity contribution is -0.142. The molecule has 1 amide bonds. The van der Waals surface area contributed by atoms with Gasteiger partial charge in [0, 0.05) is 19.1 Å². The van der Waals surface area contributed by atoms with Crippen molar-refractivity contribution in [3.05, 3.63) is 0 Å². The van der Waals surface area contributed by atoms with Gasteiger partial charge >= 0.3 is 0 Å². The van der Waals surface area contributed by atoms with E-state index in [1.807, 2.05) is 6.92 Å². The Labute approximate surface area is 116 Å². The number of carbonyl (C=O) groups is 1. The second kappa shape index (κ2) is 7.82. The summed E-state index contributed by atoms with van der Waals surface area (Å²) < 4.78 is 5.33. The Morgan fingerprint density at radius 1 is 1.42 bits per heavy atom. The number of hydrogen-bond donors (Lipinski definition) is 2. The summed E-state index contributed by atoms with van der Waals surface area (Å²) in [6.07, 6.45) is 4.45. The molecule has 112 valence electrons. The van der Waals surface area contributed by atoms with E-state index in [-0.39, 0.29) is 18.6 Å². The molecular weight excluding hydrogens is 244 g/mol. The first-order valence-corrected chi connectivity index (χ1v) is 7.29. The Morgan fingerprint density at radius 3 is 2.68 bits per heavy atom. The van der Waals surface area contributed by atoms with Crippen LogP contribution in [0.15, 0.2) is 0 Å². The summed E-state index contributed by atoms with van der Waals surface area (Å²) in [7, 11) is 0. The standard InChI is InChI=1S/C14H28N2O3/c1-3-4-5-6-7-16(8-9-17)13(18)14(2)11-19-10-12(14)15/h12,17H,3-11,15H2,1-2H3. The summed E-state index contributed by atoms with van der Waals surface area (Å²) in [5.41, 5.74) is 5.35. The van der Waals surface area contributed by atoms with Crippen molar-refractivity contribution in [1.82, 2.24) is 4.90 Å². The predicted molar refractivity (Wildman–Crippen MR) is 74.7 cm³/mol. The topological polar surface area (TPSA) is 75.8 Å². The third-order valence-electron chi connectivity index (χ3n) is 3.94. The first-order valence-electron chi connectivity index (χ1n) is 7.29. The lowest BCUT2D eigenvalue weighted by Crippen LogP contribution is -2.52. The molecule has 2 unspecified atom stereocenters. The highest BCUT2D eigenvalue weighted by Gasteiger charge is 2.46. The van der Waals surface area contributed by atoms with Crippen LogP contribution in [-0.2, 0) is 9.53 Å². The van der Waals surface area contributed by atoms with Gasteiger partial charge in [-0.15, -0.1) is 0 Å². The number of nitrogens with zero attached hydrogens (tertiary/aromatic N) is 1. The van der Waals surface area contributed by atoms with Crippen LogP contribution >= 0.6 is 0 Å². The zero-order valence-corrected chi connectivity index (χ0v) is 12.2. The zero-order valence-electron chi connectivity index (χ0n) is 12.2. The Hall–Kier alpha value is -0.650. The van der Waals surface area contributed by atoms with Crippen molar-refractivity contribution in [3.63, 3.8) is 0 Å². The zero-order chi connectivity index (χ0) is 14.3. The number of aliphatic hydroxyl groups is 1. The van der Waals surface area contributed by atoms with Crippen LogP contribution in [0.2, 0.25) is 0 Å². The van der Waals surface area contributed by atoms with Crippen LogP contribution in [0.5, 0.6) is 0 Å². The molecule has 0 spiro atoms. The molecule has 1 aliphatic heterocycles. The number of nitrogens with two attached hydrogens (primary N) is 1. The molecule has 0 aromatic heterocycles.